The SMILES string of the molecule is CC(C)Cn1c(C=O)cc2ccsc21. The van der Waals surface area contributed by atoms with Crippen LogP contribution in [0.2, 0.25) is 0 Å². The third kappa shape index (κ3) is 1.48. The molecule has 0 atom stereocenters. The third-order valence-corrected chi connectivity index (χ3v) is 3.15. The topological polar surface area (TPSA) is 22.0 Å². The van der Waals surface area contributed by atoms with Crippen LogP contribution in [0.4, 0.5) is 0 Å². The van der Waals surface area contributed by atoms with Crippen LogP contribution in [-0.2, 0) is 6.54 Å². The molecule has 2 heterocycles. The second-order valence-corrected chi connectivity index (χ2v) is 4.77. The molecular formula is C11H13NOS. The van der Waals surface area contributed by atoms with Gasteiger partial charge < -0.3 is 4.57 Å². The molecule has 0 unspecified atom stereocenters. The van der Waals surface area contributed by atoms with Crippen molar-refractivity contribution in [3.8, 4) is 0 Å². The van der Waals surface area contributed by atoms with Gasteiger partial charge in [0, 0.05) is 11.9 Å². The monoisotopic (exact) mass is 207 g/mol. The van der Waals surface area contributed by atoms with E-state index in [9.17, 15) is 4.79 Å². The summed E-state index contributed by atoms with van der Waals surface area (Å²) in [6.07, 6.45) is 0.940. The lowest BCUT2D eigenvalue weighted by Crippen LogP contribution is -2.06. The van der Waals surface area contributed by atoms with Gasteiger partial charge in [-0.15, -0.1) is 11.3 Å². The Morgan fingerprint density at radius 3 is 3.00 bits per heavy atom. The van der Waals surface area contributed by atoms with Gasteiger partial charge in [0.05, 0.1) is 5.69 Å². The number of thiophene rings is 1. The van der Waals surface area contributed by atoms with Gasteiger partial charge in [-0.2, -0.15) is 0 Å². The molecule has 0 spiro atoms. The van der Waals surface area contributed by atoms with E-state index in [1.165, 1.54) is 10.2 Å². The fourth-order valence-electron chi connectivity index (χ4n) is 1.65. The van der Waals surface area contributed by atoms with Crippen LogP contribution in [0.1, 0.15) is 24.3 Å². The molecule has 0 aromatic carbocycles. The summed E-state index contributed by atoms with van der Waals surface area (Å²) in [6, 6.07) is 4.02. The molecule has 0 aliphatic carbocycles. The van der Waals surface area contributed by atoms with E-state index in [1.807, 2.05) is 6.07 Å². The van der Waals surface area contributed by atoms with Crippen LogP contribution in [-0.4, -0.2) is 10.9 Å². The molecule has 2 aromatic heterocycles. The highest BCUT2D eigenvalue weighted by Gasteiger charge is 2.09. The molecule has 0 radical (unpaired) electrons. The Hall–Kier alpha value is -1.09. The molecule has 2 rings (SSSR count). The molecule has 0 N–H and O–H groups in total. The Morgan fingerprint density at radius 1 is 1.57 bits per heavy atom. The van der Waals surface area contributed by atoms with Gasteiger partial charge in [-0.3, -0.25) is 4.79 Å². The molecule has 3 heteroatoms. The highest BCUT2D eigenvalue weighted by Crippen LogP contribution is 2.25. The van der Waals surface area contributed by atoms with Crippen molar-refractivity contribution in [1.29, 1.82) is 0 Å². The minimum Gasteiger partial charge on any atom is -0.330 e. The van der Waals surface area contributed by atoms with Crippen LogP contribution in [0.15, 0.2) is 17.5 Å². The standard InChI is InChI=1S/C11H13NOS/c1-8(2)6-12-10(7-13)5-9-3-4-14-11(9)12/h3-5,7-8H,6H2,1-2H3. The molecule has 0 amide bonds. The Morgan fingerprint density at radius 2 is 2.36 bits per heavy atom. The summed E-state index contributed by atoms with van der Waals surface area (Å²) in [6.45, 7) is 5.24. The van der Waals surface area contributed by atoms with E-state index in [-0.39, 0.29) is 0 Å². The molecule has 2 nitrogen and oxygen atoms in total. The van der Waals surface area contributed by atoms with E-state index in [0.29, 0.717) is 5.92 Å². The molecule has 0 fully saturated rings. The van der Waals surface area contributed by atoms with E-state index >= 15 is 0 Å². The number of hydrogen-bond acceptors (Lipinski definition) is 2. The fourth-order valence-corrected chi connectivity index (χ4v) is 2.56. The average Bonchev–Trinajstić information content (AvgIpc) is 2.67. The summed E-state index contributed by atoms with van der Waals surface area (Å²) in [4.78, 5) is 12.1. The van der Waals surface area contributed by atoms with Crippen molar-refractivity contribution in [3.05, 3.63) is 23.2 Å². The number of hydrogen-bond donors (Lipinski definition) is 0. The first-order chi connectivity index (χ1) is 6.72. The maximum Gasteiger partial charge on any atom is 0.166 e. The second kappa shape index (κ2) is 3.58. The summed E-state index contributed by atoms with van der Waals surface area (Å²) in [5.74, 6) is 0.561. The largest absolute Gasteiger partial charge is 0.330 e. The summed E-state index contributed by atoms with van der Waals surface area (Å²) in [5.41, 5.74) is 0.792. The highest BCUT2D eigenvalue weighted by atomic mass is 32.1. The van der Waals surface area contributed by atoms with Gasteiger partial charge in [0.1, 0.15) is 4.83 Å². The van der Waals surface area contributed by atoms with Crippen molar-refractivity contribution >= 4 is 27.8 Å². The van der Waals surface area contributed by atoms with Crippen molar-refractivity contribution in [2.24, 2.45) is 5.92 Å². The molecule has 0 saturated heterocycles. The van der Waals surface area contributed by atoms with E-state index < -0.39 is 0 Å². The minimum absolute atomic E-state index is 0.561. The van der Waals surface area contributed by atoms with Gasteiger partial charge in [0.15, 0.2) is 6.29 Å². The third-order valence-electron chi connectivity index (χ3n) is 2.20. The van der Waals surface area contributed by atoms with E-state index in [0.717, 1.165) is 18.5 Å². The van der Waals surface area contributed by atoms with Crippen molar-refractivity contribution in [2.45, 2.75) is 20.4 Å². The van der Waals surface area contributed by atoms with Gasteiger partial charge in [0.25, 0.3) is 0 Å². The Kier molecular flexibility index (Phi) is 2.42. The fraction of sp³-hybridized carbons (Fsp3) is 0.364. The molecular weight excluding hydrogens is 194 g/mol. The van der Waals surface area contributed by atoms with Crippen LogP contribution >= 0.6 is 11.3 Å². The summed E-state index contributed by atoms with van der Waals surface area (Å²) < 4.78 is 2.11. The smallest absolute Gasteiger partial charge is 0.166 e. The number of fused-ring (bicyclic) bond motifs is 1. The lowest BCUT2D eigenvalue weighted by atomic mass is 10.2. The maximum absolute atomic E-state index is 10.9. The van der Waals surface area contributed by atoms with Crippen LogP contribution in [0.5, 0.6) is 0 Å². The van der Waals surface area contributed by atoms with Crippen LogP contribution in [0.3, 0.4) is 0 Å². The van der Waals surface area contributed by atoms with E-state index in [2.05, 4.69) is 29.9 Å². The Bertz CT molecular complexity index is 453. The second-order valence-electron chi connectivity index (χ2n) is 3.87. The van der Waals surface area contributed by atoms with Crippen molar-refractivity contribution < 1.29 is 4.79 Å². The Labute approximate surface area is 87.2 Å². The van der Waals surface area contributed by atoms with Gasteiger partial charge >= 0.3 is 0 Å². The quantitative estimate of drug-likeness (QED) is 0.708. The molecule has 74 valence electrons. The zero-order valence-electron chi connectivity index (χ0n) is 8.36. The van der Waals surface area contributed by atoms with E-state index in [1.54, 1.807) is 11.3 Å². The molecule has 0 saturated carbocycles. The van der Waals surface area contributed by atoms with Crippen molar-refractivity contribution in [2.75, 3.05) is 0 Å². The number of nitrogens with zero attached hydrogens (tertiary/aromatic N) is 1. The lowest BCUT2D eigenvalue weighted by Gasteiger charge is -2.08. The average molecular weight is 207 g/mol. The van der Waals surface area contributed by atoms with Crippen LogP contribution < -0.4 is 0 Å². The van der Waals surface area contributed by atoms with Crippen molar-refractivity contribution in [1.82, 2.24) is 4.57 Å². The summed E-state index contributed by atoms with van der Waals surface area (Å²) >= 11 is 1.70. The normalized spacial score (nSPS) is 11.4. The first-order valence-corrected chi connectivity index (χ1v) is 5.62. The predicted octanol–water partition coefficient (Wildman–Crippen LogP) is 3.17. The number of carbonyl (C=O) groups is 1. The van der Waals surface area contributed by atoms with Crippen LogP contribution in [0.25, 0.3) is 10.2 Å². The molecule has 0 bridgehead atoms. The minimum atomic E-state index is 0.561. The zero-order valence-corrected chi connectivity index (χ0v) is 9.17. The van der Waals surface area contributed by atoms with Gasteiger partial charge in [-0.25, -0.2) is 0 Å². The van der Waals surface area contributed by atoms with Gasteiger partial charge in [-0.05, 0) is 23.4 Å². The number of aldehydes is 1. The first kappa shape index (κ1) is 9.46. The van der Waals surface area contributed by atoms with E-state index in [4.69, 9.17) is 0 Å². The maximum atomic E-state index is 10.9. The highest BCUT2D eigenvalue weighted by molar-refractivity contribution is 7.16. The zero-order chi connectivity index (χ0) is 10.1. The Balaban J connectivity index is 2.55. The molecule has 0 aliphatic heterocycles. The first-order valence-electron chi connectivity index (χ1n) is 4.74. The lowest BCUT2D eigenvalue weighted by molar-refractivity contribution is 0.111. The number of aromatic nitrogens is 1. The summed E-state index contributed by atoms with van der Waals surface area (Å²) in [7, 11) is 0. The van der Waals surface area contributed by atoms with Gasteiger partial charge in [-0.1, -0.05) is 13.8 Å². The molecule has 0 aliphatic rings. The van der Waals surface area contributed by atoms with Crippen LogP contribution in [0, 0.1) is 5.92 Å². The predicted molar refractivity (Wildman–Crippen MR) is 60.0 cm³/mol. The number of carbonyl (C=O) groups excluding carboxylic acids is 1. The molecule has 14 heavy (non-hydrogen) atoms. The van der Waals surface area contributed by atoms with Gasteiger partial charge in [0.2, 0.25) is 0 Å². The number of rotatable bonds is 3. The molecule has 2 aromatic rings. The summed E-state index contributed by atoms with van der Waals surface area (Å²) in [5, 5.41) is 3.24. The van der Waals surface area contributed by atoms with Crippen molar-refractivity contribution in [3.63, 3.8) is 0 Å².